The summed E-state index contributed by atoms with van der Waals surface area (Å²) in [5.74, 6) is -0.602. The van der Waals surface area contributed by atoms with Gasteiger partial charge >= 0.3 is 0 Å². The van der Waals surface area contributed by atoms with Crippen LogP contribution in [0.5, 0.6) is 5.75 Å². The molecule has 0 aliphatic heterocycles. The molecule has 1 aromatic heterocycles. The minimum Gasteiger partial charge on any atom is -0.494 e. The number of aromatic nitrogens is 1. The molecule has 122 valence electrons. The molecule has 2 aromatic rings. The Bertz CT molecular complexity index is 692. The third kappa shape index (κ3) is 4.50. The van der Waals surface area contributed by atoms with Gasteiger partial charge in [0.15, 0.2) is 11.6 Å². The number of hydrogen-bond acceptors (Lipinski definition) is 5. The molecule has 0 aliphatic rings. The predicted octanol–water partition coefficient (Wildman–Crippen LogP) is 1.87. The lowest BCUT2D eigenvalue weighted by molar-refractivity contribution is -0.0980. The number of halogens is 1. The molecular formula is C16H18FN3O3. The maximum absolute atomic E-state index is 13.9. The number of aryl methyl sites for hydroxylation is 1. The van der Waals surface area contributed by atoms with Crippen LogP contribution in [-0.2, 0) is 11.3 Å². The number of rotatable bonds is 4. The van der Waals surface area contributed by atoms with Gasteiger partial charge < -0.3 is 20.6 Å². The highest BCUT2D eigenvalue weighted by Gasteiger charge is 2.13. The molecule has 23 heavy (non-hydrogen) atoms. The largest absolute Gasteiger partial charge is 0.494 e. The first kappa shape index (κ1) is 18.1. The Balaban J connectivity index is 0.00000127. The number of nitrogens with zero attached hydrogens (tertiary/aromatic N) is 1. The van der Waals surface area contributed by atoms with Crippen LogP contribution in [0.15, 0.2) is 30.3 Å². The van der Waals surface area contributed by atoms with Crippen molar-refractivity contribution in [2.24, 2.45) is 0 Å². The first-order valence-electron chi connectivity index (χ1n) is 6.64. The Labute approximate surface area is 133 Å². The summed E-state index contributed by atoms with van der Waals surface area (Å²) >= 11 is 0. The van der Waals surface area contributed by atoms with Gasteiger partial charge in [0.2, 0.25) is 0 Å². The summed E-state index contributed by atoms with van der Waals surface area (Å²) in [4.78, 5) is 24.0. The molecule has 0 saturated heterocycles. The van der Waals surface area contributed by atoms with E-state index < -0.39 is 11.7 Å². The van der Waals surface area contributed by atoms with Crippen molar-refractivity contribution in [2.75, 3.05) is 12.8 Å². The standard InChI is InChI=1S/C15H16FN3O2.CH2O/c1-9-6-7-11(14(17)19-9)15(20)18-8-10-4-3-5-12(21-2)13(10)16;1-2/h3-7H,8H2,1-2H3,(H2,17,19)(H,18,20);1H2. The zero-order chi connectivity index (χ0) is 17.4. The van der Waals surface area contributed by atoms with E-state index in [9.17, 15) is 9.18 Å². The van der Waals surface area contributed by atoms with Gasteiger partial charge in [-0.1, -0.05) is 12.1 Å². The van der Waals surface area contributed by atoms with Gasteiger partial charge in [-0.05, 0) is 25.1 Å². The van der Waals surface area contributed by atoms with Crippen molar-refractivity contribution in [3.8, 4) is 5.75 Å². The zero-order valence-electron chi connectivity index (χ0n) is 12.9. The molecule has 0 aliphatic carbocycles. The number of methoxy groups -OCH3 is 1. The molecule has 0 radical (unpaired) electrons. The lowest BCUT2D eigenvalue weighted by Gasteiger charge is -2.10. The quantitative estimate of drug-likeness (QED) is 0.897. The smallest absolute Gasteiger partial charge is 0.255 e. The molecular weight excluding hydrogens is 301 g/mol. The Hall–Kier alpha value is -2.96. The van der Waals surface area contributed by atoms with Gasteiger partial charge in [-0.3, -0.25) is 4.79 Å². The summed E-state index contributed by atoms with van der Waals surface area (Å²) in [6, 6.07) is 8.04. The van der Waals surface area contributed by atoms with Gasteiger partial charge in [-0.2, -0.15) is 0 Å². The van der Waals surface area contributed by atoms with Gasteiger partial charge in [-0.15, -0.1) is 0 Å². The number of carbonyl (C=O) groups is 2. The fourth-order valence-electron chi connectivity index (χ4n) is 1.89. The SMILES string of the molecule is C=O.COc1cccc(CNC(=O)c2ccc(C)nc2N)c1F. The average molecular weight is 319 g/mol. The number of nitrogens with one attached hydrogen (secondary N) is 1. The summed E-state index contributed by atoms with van der Waals surface area (Å²) in [5, 5.41) is 2.61. The van der Waals surface area contributed by atoms with Crippen LogP contribution in [0.4, 0.5) is 10.2 Å². The van der Waals surface area contributed by atoms with Gasteiger partial charge in [0, 0.05) is 17.8 Å². The Morgan fingerprint density at radius 2 is 2.04 bits per heavy atom. The van der Waals surface area contributed by atoms with Crippen molar-refractivity contribution in [3.05, 3.63) is 53.0 Å². The van der Waals surface area contributed by atoms with E-state index in [1.807, 2.05) is 6.79 Å². The van der Waals surface area contributed by atoms with Crippen LogP contribution in [0.25, 0.3) is 0 Å². The van der Waals surface area contributed by atoms with Crippen molar-refractivity contribution in [2.45, 2.75) is 13.5 Å². The number of pyridine rings is 1. The second kappa shape index (κ2) is 8.47. The predicted molar refractivity (Wildman–Crippen MR) is 84.6 cm³/mol. The van der Waals surface area contributed by atoms with Crippen molar-refractivity contribution < 1.29 is 18.7 Å². The molecule has 1 amide bonds. The van der Waals surface area contributed by atoms with Crippen LogP contribution in [0.3, 0.4) is 0 Å². The number of hydrogen-bond donors (Lipinski definition) is 2. The summed E-state index contributed by atoms with van der Waals surface area (Å²) in [6.07, 6.45) is 0. The molecule has 6 nitrogen and oxygen atoms in total. The molecule has 0 atom stereocenters. The van der Waals surface area contributed by atoms with E-state index in [-0.39, 0.29) is 23.7 Å². The molecule has 2 rings (SSSR count). The molecule has 1 heterocycles. The van der Waals surface area contributed by atoms with Gasteiger partial charge in [0.05, 0.1) is 12.7 Å². The molecule has 0 saturated carbocycles. The van der Waals surface area contributed by atoms with Crippen LogP contribution >= 0.6 is 0 Å². The summed E-state index contributed by atoms with van der Waals surface area (Å²) in [6.45, 7) is 3.82. The van der Waals surface area contributed by atoms with Crippen LogP contribution in [0.2, 0.25) is 0 Å². The Morgan fingerprint density at radius 3 is 2.65 bits per heavy atom. The van der Waals surface area contributed by atoms with E-state index in [4.69, 9.17) is 15.3 Å². The topological polar surface area (TPSA) is 94.3 Å². The number of nitrogens with two attached hydrogens (primary N) is 1. The molecule has 0 fully saturated rings. The first-order valence-corrected chi connectivity index (χ1v) is 6.64. The maximum atomic E-state index is 13.9. The van der Waals surface area contributed by atoms with Crippen molar-refractivity contribution in [1.82, 2.24) is 10.3 Å². The number of benzene rings is 1. The average Bonchev–Trinajstić information content (AvgIpc) is 2.55. The number of amides is 1. The fourth-order valence-corrected chi connectivity index (χ4v) is 1.89. The highest BCUT2D eigenvalue weighted by molar-refractivity contribution is 5.98. The van der Waals surface area contributed by atoms with Gasteiger partial charge in [0.25, 0.3) is 5.91 Å². The lowest BCUT2D eigenvalue weighted by atomic mass is 10.1. The van der Waals surface area contributed by atoms with E-state index in [1.165, 1.54) is 13.2 Å². The molecule has 3 N–H and O–H groups in total. The Kier molecular flexibility index (Phi) is 6.67. The fraction of sp³-hybridized carbons (Fsp3) is 0.188. The van der Waals surface area contributed by atoms with Crippen LogP contribution in [0.1, 0.15) is 21.6 Å². The second-order valence-electron chi connectivity index (χ2n) is 4.50. The number of ether oxygens (including phenoxy) is 1. The highest BCUT2D eigenvalue weighted by atomic mass is 19.1. The Morgan fingerprint density at radius 1 is 1.35 bits per heavy atom. The lowest BCUT2D eigenvalue weighted by Crippen LogP contribution is -2.24. The number of nitrogen functional groups attached to an aromatic ring is 1. The van der Waals surface area contributed by atoms with Crippen LogP contribution in [-0.4, -0.2) is 24.8 Å². The normalized spacial score (nSPS) is 9.52. The monoisotopic (exact) mass is 319 g/mol. The summed E-state index contributed by atoms with van der Waals surface area (Å²) in [7, 11) is 1.39. The zero-order valence-corrected chi connectivity index (χ0v) is 12.9. The molecule has 0 unspecified atom stereocenters. The van der Waals surface area contributed by atoms with Crippen molar-refractivity contribution in [1.29, 1.82) is 0 Å². The first-order chi connectivity index (χ1) is 11.0. The van der Waals surface area contributed by atoms with E-state index in [0.29, 0.717) is 5.56 Å². The number of carbonyl (C=O) groups excluding carboxylic acids is 2. The minimum absolute atomic E-state index is 0.0369. The third-order valence-electron chi connectivity index (χ3n) is 3.01. The molecule has 1 aromatic carbocycles. The van der Waals surface area contributed by atoms with Crippen LogP contribution in [0, 0.1) is 12.7 Å². The van der Waals surface area contributed by atoms with E-state index >= 15 is 0 Å². The van der Waals surface area contributed by atoms with Gasteiger partial charge in [0.1, 0.15) is 12.6 Å². The minimum atomic E-state index is -0.490. The molecule has 7 heteroatoms. The van der Waals surface area contributed by atoms with E-state index in [0.717, 1.165) is 5.69 Å². The van der Waals surface area contributed by atoms with E-state index in [1.54, 1.807) is 31.2 Å². The molecule has 0 spiro atoms. The van der Waals surface area contributed by atoms with Gasteiger partial charge in [-0.25, -0.2) is 9.37 Å². The maximum Gasteiger partial charge on any atom is 0.255 e. The van der Waals surface area contributed by atoms with Crippen LogP contribution < -0.4 is 15.8 Å². The summed E-state index contributed by atoms with van der Waals surface area (Å²) < 4.78 is 18.8. The molecule has 0 bridgehead atoms. The van der Waals surface area contributed by atoms with E-state index in [2.05, 4.69) is 10.3 Å². The second-order valence-corrected chi connectivity index (χ2v) is 4.50. The number of anilines is 1. The summed E-state index contributed by atoms with van der Waals surface area (Å²) in [5.41, 5.74) is 7.03. The third-order valence-corrected chi connectivity index (χ3v) is 3.01. The van der Waals surface area contributed by atoms with Crippen molar-refractivity contribution >= 4 is 18.5 Å². The highest BCUT2D eigenvalue weighted by Crippen LogP contribution is 2.20. The van der Waals surface area contributed by atoms with Crippen molar-refractivity contribution in [3.63, 3.8) is 0 Å².